The van der Waals surface area contributed by atoms with Crippen molar-refractivity contribution in [3.63, 3.8) is 0 Å². The van der Waals surface area contributed by atoms with E-state index in [1.807, 2.05) is 0 Å². The van der Waals surface area contributed by atoms with Gasteiger partial charge in [0.2, 0.25) is 0 Å². The summed E-state index contributed by atoms with van der Waals surface area (Å²) in [6.07, 6.45) is 6.54. The molecule has 0 spiro atoms. The average Bonchev–Trinajstić information content (AvgIpc) is 3.12. The Morgan fingerprint density at radius 1 is 1.33 bits per heavy atom. The zero-order chi connectivity index (χ0) is 12.8. The quantitative estimate of drug-likeness (QED) is 0.288. The Kier molecular flexibility index (Phi) is 5.66. The lowest BCUT2D eigenvalue weighted by atomic mass is 9.88. The summed E-state index contributed by atoms with van der Waals surface area (Å²) in [5.74, 6) is 0.660. The maximum Gasteiger partial charge on any atom is 0.332 e. The van der Waals surface area contributed by atoms with Crippen LogP contribution in [0.25, 0.3) is 0 Å². The second-order valence-electron chi connectivity index (χ2n) is 5.39. The minimum absolute atomic E-state index is 0.0528. The molecule has 0 amide bonds. The molecule has 1 heterocycles. The van der Waals surface area contributed by atoms with E-state index < -0.39 is 0 Å². The lowest BCUT2D eigenvalue weighted by molar-refractivity contribution is -0.147. The average molecular weight is 272 g/mol. The third-order valence-electron chi connectivity index (χ3n) is 3.89. The lowest BCUT2D eigenvalue weighted by Gasteiger charge is -2.18. The third-order valence-corrected chi connectivity index (χ3v) is 5.59. The highest BCUT2D eigenvalue weighted by molar-refractivity contribution is 6.35. The van der Waals surface area contributed by atoms with Crippen LogP contribution in [0, 0.1) is 5.92 Å². The number of hydrogen-bond donors (Lipinski definition) is 0. The number of fused-ring (bicyclic) bond motifs is 1. The molecule has 5 heteroatoms. The molecule has 4 nitrogen and oxygen atoms in total. The number of carbonyl (C=O) groups is 1. The first-order valence-electron chi connectivity index (χ1n) is 7.09. The summed E-state index contributed by atoms with van der Waals surface area (Å²) in [4.78, 5) is 11.0. The number of hydrogen-bond acceptors (Lipinski definition) is 4. The molecular formula is C13H24O4Si. The number of carbonyl (C=O) groups excluding carboxylic acids is 1. The first-order chi connectivity index (χ1) is 8.79. The molecule has 0 aromatic carbocycles. The smallest absolute Gasteiger partial charge is 0.332 e. The van der Waals surface area contributed by atoms with E-state index in [-0.39, 0.29) is 22.1 Å². The van der Waals surface area contributed by atoms with Crippen LogP contribution in [0.2, 0.25) is 12.1 Å². The highest BCUT2D eigenvalue weighted by Crippen LogP contribution is 2.40. The first-order valence-corrected chi connectivity index (χ1v) is 9.09. The molecule has 104 valence electrons. The van der Waals surface area contributed by atoms with Crippen LogP contribution in [-0.2, 0) is 19.0 Å². The molecule has 2 rings (SSSR count). The Bertz CT molecular complexity index is 272. The molecule has 1 aliphatic heterocycles. The minimum atomic E-state index is -0.240. The van der Waals surface area contributed by atoms with Crippen LogP contribution in [-0.4, -0.2) is 48.0 Å². The highest BCUT2D eigenvalue weighted by atomic mass is 28.2. The van der Waals surface area contributed by atoms with Crippen LogP contribution in [0.4, 0.5) is 0 Å². The lowest BCUT2D eigenvalue weighted by Crippen LogP contribution is -2.15. The zero-order valence-electron chi connectivity index (χ0n) is 11.2. The maximum absolute atomic E-state index is 11.0. The van der Waals surface area contributed by atoms with Gasteiger partial charge in [0.25, 0.3) is 0 Å². The van der Waals surface area contributed by atoms with Gasteiger partial charge in [0.05, 0.1) is 18.8 Å². The highest BCUT2D eigenvalue weighted by Gasteiger charge is 2.43. The van der Waals surface area contributed by atoms with E-state index in [1.165, 1.54) is 38.8 Å². The first kappa shape index (κ1) is 14.0. The van der Waals surface area contributed by atoms with Crippen LogP contribution in [0.1, 0.15) is 25.7 Å². The molecule has 0 aromatic heterocycles. The van der Waals surface area contributed by atoms with Gasteiger partial charge >= 0.3 is 5.97 Å². The molecule has 18 heavy (non-hydrogen) atoms. The van der Waals surface area contributed by atoms with Gasteiger partial charge in [-0.2, -0.15) is 0 Å². The Hall–Kier alpha value is -0.393. The molecule has 0 radical (unpaired) electrons. The summed E-state index contributed by atoms with van der Waals surface area (Å²) < 4.78 is 15.3. The van der Waals surface area contributed by atoms with Crippen molar-refractivity contribution in [1.82, 2.24) is 0 Å². The number of methoxy groups -OCH3 is 1. The van der Waals surface area contributed by atoms with E-state index in [9.17, 15) is 4.79 Å². The van der Waals surface area contributed by atoms with Crippen LogP contribution in [0.5, 0.6) is 0 Å². The van der Waals surface area contributed by atoms with E-state index in [1.54, 1.807) is 0 Å². The summed E-state index contributed by atoms with van der Waals surface area (Å²) in [5, 5.41) is 0. The molecule has 0 bridgehead atoms. The Balaban J connectivity index is 1.40. The third kappa shape index (κ3) is 4.70. The zero-order valence-corrected chi connectivity index (χ0v) is 12.6. The molecule has 2 fully saturated rings. The fourth-order valence-corrected chi connectivity index (χ4v) is 4.37. The Morgan fingerprint density at radius 3 is 3.00 bits per heavy atom. The van der Waals surface area contributed by atoms with Crippen LogP contribution in [0.15, 0.2) is 0 Å². The van der Waals surface area contributed by atoms with Gasteiger partial charge in [0, 0.05) is 16.6 Å². The van der Waals surface area contributed by atoms with E-state index in [0.717, 1.165) is 12.0 Å². The SMILES string of the molecule is COCC(=O)OCC[SiH2]CCC1CCC2OC2C1. The van der Waals surface area contributed by atoms with Crippen molar-refractivity contribution in [3.8, 4) is 0 Å². The van der Waals surface area contributed by atoms with Crippen LogP contribution in [0.3, 0.4) is 0 Å². The maximum atomic E-state index is 11.0. The van der Waals surface area contributed by atoms with Crippen molar-refractivity contribution >= 4 is 15.5 Å². The van der Waals surface area contributed by atoms with Gasteiger partial charge in [-0.25, -0.2) is 4.79 Å². The van der Waals surface area contributed by atoms with Crippen LogP contribution >= 0.6 is 0 Å². The van der Waals surface area contributed by atoms with E-state index in [4.69, 9.17) is 14.2 Å². The molecule has 0 N–H and O–H groups in total. The summed E-state index contributed by atoms with van der Waals surface area (Å²) in [6.45, 7) is 0.666. The monoisotopic (exact) mass is 272 g/mol. The summed E-state index contributed by atoms with van der Waals surface area (Å²) in [6, 6.07) is 2.48. The van der Waals surface area contributed by atoms with Gasteiger partial charge in [-0.05, 0) is 31.2 Å². The molecule has 2 aliphatic rings. The fraction of sp³-hybridized carbons (Fsp3) is 0.923. The van der Waals surface area contributed by atoms with Gasteiger partial charge in [-0.3, -0.25) is 0 Å². The second kappa shape index (κ2) is 7.26. The second-order valence-corrected chi connectivity index (χ2v) is 7.52. The number of esters is 1. The molecule has 3 atom stereocenters. The van der Waals surface area contributed by atoms with Crippen LogP contribution < -0.4 is 0 Å². The van der Waals surface area contributed by atoms with Gasteiger partial charge in [0.1, 0.15) is 6.61 Å². The number of rotatable bonds is 8. The largest absolute Gasteiger partial charge is 0.464 e. The van der Waals surface area contributed by atoms with Crippen molar-refractivity contribution < 1.29 is 19.0 Å². The van der Waals surface area contributed by atoms with Gasteiger partial charge in [0.15, 0.2) is 0 Å². The van der Waals surface area contributed by atoms with Crippen molar-refractivity contribution in [2.45, 2.75) is 50.0 Å². The van der Waals surface area contributed by atoms with Gasteiger partial charge in [-0.1, -0.05) is 12.5 Å². The van der Waals surface area contributed by atoms with Gasteiger partial charge in [-0.15, -0.1) is 0 Å². The normalized spacial score (nSPS) is 30.4. The standard InChI is InChI=1S/C13H24O4Si/c1-15-9-13(14)16-5-7-18-6-4-10-2-3-11-12(8-10)17-11/h10-12H,2-9,18H2,1H3. The van der Waals surface area contributed by atoms with Gasteiger partial charge < -0.3 is 14.2 Å². The van der Waals surface area contributed by atoms with Crippen molar-refractivity contribution in [2.75, 3.05) is 20.3 Å². The van der Waals surface area contributed by atoms with Crippen molar-refractivity contribution in [1.29, 1.82) is 0 Å². The fourth-order valence-electron chi connectivity index (χ4n) is 2.81. The number of epoxide rings is 1. The summed E-state index contributed by atoms with van der Waals surface area (Å²) in [5.41, 5.74) is 0. The van der Waals surface area contributed by atoms with E-state index in [0.29, 0.717) is 18.8 Å². The topological polar surface area (TPSA) is 48.1 Å². The molecule has 3 unspecified atom stereocenters. The Labute approximate surface area is 111 Å². The molecule has 0 aromatic rings. The van der Waals surface area contributed by atoms with Crippen molar-refractivity contribution in [2.24, 2.45) is 5.92 Å². The van der Waals surface area contributed by atoms with E-state index in [2.05, 4.69) is 0 Å². The predicted molar refractivity (Wildman–Crippen MR) is 71.6 cm³/mol. The summed E-state index contributed by atoms with van der Waals surface area (Å²) in [7, 11) is 1.46. The van der Waals surface area contributed by atoms with Crippen molar-refractivity contribution in [3.05, 3.63) is 0 Å². The van der Waals surface area contributed by atoms with E-state index >= 15 is 0 Å². The Morgan fingerprint density at radius 2 is 2.22 bits per heavy atom. The molecule has 1 aliphatic carbocycles. The number of ether oxygens (including phenoxy) is 3. The molecule has 1 saturated heterocycles. The molecular weight excluding hydrogens is 248 g/mol. The predicted octanol–water partition coefficient (Wildman–Crippen LogP) is 1.14. The minimum Gasteiger partial charge on any atom is -0.464 e. The molecule has 1 saturated carbocycles. The summed E-state index contributed by atoms with van der Waals surface area (Å²) >= 11 is 0.